The van der Waals surface area contributed by atoms with Gasteiger partial charge in [-0.2, -0.15) is 0 Å². The molecule has 2 N–H and O–H groups in total. The number of benzene rings is 1. The first-order valence-corrected chi connectivity index (χ1v) is 6.91. The number of methoxy groups -OCH3 is 2. The summed E-state index contributed by atoms with van der Waals surface area (Å²) in [5.74, 6) is 1.89. The number of aromatic nitrogens is 2. The Kier molecular flexibility index (Phi) is 3.79. The third kappa shape index (κ3) is 2.07. The predicted molar refractivity (Wildman–Crippen MR) is 81.5 cm³/mol. The molecule has 0 aliphatic heterocycles. The SMILES string of the molecule is CCC(C)(CC)n1c(N)nc2cc(OC)c(OC)cc21. The lowest BCUT2D eigenvalue weighted by molar-refractivity contribution is 0.306. The molecular weight excluding hydrogens is 254 g/mol. The van der Waals surface area contributed by atoms with Crippen molar-refractivity contribution in [1.29, 1.82) is 0 Å². The molecule has 0 bridgehead atoms. The predicted octanol–water partition coefficient (Wildman–Crippen LogP) is 3.17. The van der Waals surface area contributed by atoms with Crippen molar-refractivity contribution in [2.45, 2.75) is 39.2 Å². The first-order valence-electron chi connectivity index (χ1n) is 6.91. The van der Waals surface area contributed by atoms with Gasteiger partial charge in [0.15, 0.2) is 11.5 Å². The number of nitrogen functional groups attached to an aromatic ring is 1. The van der Waals surface area contributed by atoms with Gasteiger partial charge < -0.3 is 19.8 Å². The van der Waals surface area contributed by atoms with Crippen LogP contribution in [0.3, 0.4) is 0 Å². The average molecular weight is 277 g/mol. The van der Waals surface area contributed by atoms with Crippen LogP contribution < -0.4 is 15.2 Å². The van der Waals surface area contributed by atoms with E-state index in [1.807, 2.05) is 12.1 Å². The molecule has 5 nitrogen and oxygen atoms in total. The summed E-state index contributed by atoms with van der Waals surface area (Å²) >= 11 is 0. The summed E-state index contributed by atoms with van der Waals surface area (Å²) in [4.78, 5) is 4.46. The number of nitrogens with zero attached hydrogens (tertiary/aromatic N) is 2. The molecule has 0 aliphatic carbocycles. The minimum absolute atomic E-state index is 0.0571. The molecule has 0 saturated heterocycles. The van der Waals surface area contributed by atoms with E-state index >= 15 is 0 Å². The summed E-state index contributed by atoms with van der Waals surface area (Å²) in [5, 5.41) is 0. The molecule has 2 rings (SSSR count). The fourth-order valence-corrected chi connectivity index (χ4v) is 2.56. The third-order valence-corrected chi connectivity index (χ3v) is 4.25. The molecule has 0 radical (unpaired) electrons. The zero-order valence-corrected chi connectivity index (χ0v) is 12.9. The molecule has 0 aliphatic rings. The Morgan fingerprint density at radius 3 is 2.20 bits per heavy atom. The highest BCUT2D eigenvalue weighted by molar-refractivity contribution is 5.82. The van der Waals surface area contributed by atoms with E-state index in [1.165, 1.54) is 0 Å². The Bertz CT molecular complexity index is 615. The van der Waals surface area contributed by atoms with Crippen molar-refractivity contribution in [3.63, 3.8) is 0 Å². The molecule has 2 aromatic rings. The zero-order valence-electron chi connectivity index (χ0n) is 12.9. The summed E-state index contributed by atoms with van der Waals surface area (Å²) in [6.07, 6.45) is 1.96. The second-order valence-electron chi connectivity index (χ2n) is 5.21. The molecule has 110 valence electrons. The number of anilines is 1. The van der Waals surface area contributed by atoms with Gasteiger partial charge in [0.2, 0.25) is 5.95 Å². The molecule has 5 heteroatoms. The van der Waals surface area contributed by atoms with E-state index in [1.54, 1.807) is 14.2 Å². The standard InChI is InChI=1S/C15H23N3O2/c1-6-15(3,7-2)18-11-9-13(20-5)12(19-4)8-10(11)17-14(18)16/h8-9H,6-7H2,1-5H3,(H2,16,17). The molecule has 1 aromatic carbocycles. The van der Waals surface area contributed by atoms with Crippen LogP contribution in [0.2, 0.25) is 0 Å². The van der Waals surface area contributed by atoms with Crippen molar-refractivity contribution >= 4 is 17.0 Å². The van der Waals surface area contributed by atoms with Crippen LogP contribution in [0.5, 0.6) is 11.5 Å². The van der Waals surface area contributed by atoms with Crippen LogP contribution >= 0.6 is 0 Å². The van der Waals surface area contributed by atoms with Crippen LogP contribution in [-0.4, -0.2) is 23.8 Å². The van der Waals surface area contributed by atoms with Crippen molar-refractivity contribution in [2.75, 3.05) is 20.0 Å². The van der Waals surface area contributed by atoms with Gasteiger partial charge in [-0.1, -0.05) is 13.8 Å². The van der Waals surface area contributed by atoms with Crippen LogP contribution in [0.1, 0.15) is 33.6 Å². The molecule has 0 atom stereocenters. The Labute approximate surface area is 119 Å². The first kappa shape index (κ1) is 14.5. The van der Waals surface area contributed by atoms with Gasteiger partial charge in [-0.25, -0.2) is 4.98 Å². The Balaban J connectivity index is 2.76. The fourth-order valence-electron chi connectivity index (χ4n) is 2.56. The van der Waals surface area contributed by atoms with Crippen LogP contribution in [0.15, 0.2) is 12.1 Å². The van der Waals surface area contributed by atoms with Crippen molar-refractivity contribution < 1.29 is 9.47 Å². The summed E-state index contributed by atoms with van der Waals surface area (Å²) in [6, 6.07) is 3.81. The second-order valence-corrected chi connectivity index (χ2v) is 5.21. The number of ether oxygens (including phenoxy) is 2. The Morgan fingerprint density at radius 1 is 1.15 bits per heavy atom. The topological polar surface area (TPSA) is 62.3 Å². The van der Waals surface area contributed by atoms with Gasteiger partial charge in [0.25, 0.3) is 0 Å². The van der Waals surface area contributed by atoms with Crippen molar-refractivity contribution in [3.05, 3.63) is 12.1 Å². The lowest BCUT2D eigenvalue weighted by Crippen LogP contribution is -2.29. The number of rotatable bonds is 5. The molecule has 1 aromatic heterocycles. The number of imidazole rings is 1. The van der Waals surface area contributed by atoms with Gasteiger partial charge >= 0.3 is 0 Å². The lowest BCUT2D eigenvalue weighted by Gasteiger charge is -2.30. The summed E-state index contributed by atoms with van der Waals surface area (Å²) < 4.78 is 12.8. The number of hydrogen-bond acceptors (Lipinski definition) is 4. The maximum atomic E-state index is 6.14. The number of fused-ring (bicyclic) bond motifs is 1. The van der Waals surface area contributed by atoms with Crippen LogP contribution in [0, 0.1) is 0 Å². The molecule has 20 heavy (non-hydrogen) atoms. The normalized spacial score (nSPS) is 11.8. The zero-order chi connectivity index (χ0) is 14.9. The molecular formula is C15H23N3O2. The summed E-state index contributed by atoms with van der Waals surface area (Å²) in [7, 11) is 3.25. The van der Waals surface area contributed by atoms with Crippen molar-refractivity contribution in [1.82, 2.24) is 9.55 Å². The largest absolute Gasteiger partial charge is 0.493 e. The van der Waals surface area contributed by atoms with E-state index in [0.717, 1.165) is 23.9 Å². The number of nitrogens with two attached hydrogens (primary N) is 1. The van der Waals surface area contributed by atoms with Gasteiger partial charge in [0.05, 0.1) is 25.3 Å². The quantitative estimate of drug-likeness (QED) is 0.911. The third-order valence-electron chi connectivity index (χ3n) is 4.25. The Hall–Kier alpha value is -1.91. The molecule has 0 amide bonds. The van der Waals surface area contributed by atoms with Gasteiger partial charge in [0.1, 0.15) is 0 Å². The maximum Gasteiger partial charge on any atom is 0.201 e. The minimum atomic E-state index is -0.0571. The molecule has 1 heterocycles. The highest BCUT2D eigenvalue weighted by Gasteiger charge is 2.27. The molecule has 0 fully saturated rings. The monoisotopic (exact) mass is 277 g/mol. The number of hydrogen-bond donors (Lipinski definition) is 1. The highest BCUT2D eigenvalue weighted by atomic mass is 16.5. The average Bonchev–Trinajstić information content (AvgIpc) is 2.80. The maximum absolute atomic E-state index is 6.14. The van der Waals surface area contributed by atoms with Crippen LogP contribution in [-0.2, 0) is 5.54 Å². The van der Waals surface area contributed by atoms with E-state index in [0.29, 0.717) is 17.4 Å². The van der Waals surface area contributed by atoms with Gasteiger partial charge in [0, 0.05) is 17.7 Å². The summed E-state index contributed by atoms with van der Waals surface area (Å²) in [6.45, 7) is 6.52. The van der Waals surface area contributed by atoms with Gasteiger partial charge in [-0.3, -0.25) is 0 Å². The van der Waals surface area contributed by atoms with Crippen LogP contribution in [0.25, 0.3) is 11.0 Å². The van der Waals surface area contributed by atoms with E-state index in [9.17, 15) is 0 Å². The molecule has 0 spiro atoms. The minimum Gasteiger partial charge on any atom is -0.493 e. The summed E-state index contributed by atoms with van der Waals surface area (Å²) in [5.41, 5.74) is 7.89. The van der Waals surface area contributed by atoms with E-state index in [2.05, 4.69) is 30.3 Å². The molecule has 0 saturated carbocycles. The van der Waals surface area contributed by atoms with Crippen molar-refractivity contribution in [2.24, 2.45) is 0 Å². The lowest BCUT2D eigenvalue weighted by atomic mass is 9.95. The van der Waals surface area contributed by atoms with Crippen molar-refractivity contribution in [3.8, 4) is 11.5 Å². The van der Waals surface area contributed by atoms with Gasteiger partial charge in [-0.05, 0) is 19.8 Å². The first-order chi connectivity index (χ1) is 9.50. The van der Waals surface area contributed by atoms with E-state index < -0.39 is 0 Å². The highest BCUT2D eigenvalue weighted by Crippen LogP contribution is 2.37. The van der Waals surface area contributed by atoms with E-state index in [-0.39, 0.29) is 5.54 Å². The Morgan fingerprint density at radius 2 is 1.70 bits per heavy atom. The van der Waals surface area contributed by atoms with E-state index in [4.69, 9.17) is 15.2 Å². The smallest absolute Gasteiger partial charge is 0.201 e. The second kappa shape index (κ2) is 5.23. The fraction of sp³-hybridized carbons (Fsp3) is 0.533. The molecule has 0 unspecified atom stereocenters. The van der Waals surface area contributed by atoms with Crippen LogP contribution in [0.4, 0.5) is 5.95 Å². The van der Waals surface area contributed by atoms with Gasteiger partial charge in [-0.15, -0.1) is 0 Å².